The molecule has 1 aromatic rings. The first-order chi connectivity index (χ1) is 13.8. The summed E-state index contributed by atoms with van der Waals surface area (Å²) in [4.78, 5) is 11.7. The fraction of sp³-hybridized carbons (Fsp3) is 0.720. The molecular formula is C25H40O3. The Morgan fingerprint density at radius 1 is 0.786 bits per heavy atom. The Hall–Kier alpha value is -1.35. The lowest BCUT2D eigenvalue weighted by Crippen LogP contribution is -2.04. The molecule has 0 amide bonds. The van der Waals surface area contributed by atoms with Gasteiger partial charge >= 0.3 is 5.97 Å². The van der Waals surface area contributed by atoms with Crippen LogP contribution in [0.5, 0.6) is 0 Å². The first-order valence-electron chi connectivity index (χ1n) is 11.7. The highest BCUT2D eigenvalue weighted by Gasteiger charge is 2.20. The molecule has 1 aromatic carbocycles. The maximum atomic E-state index is 11.7. The summed E-state index contributed by atoms with van der Waals surface area (Å²) in [5.74, 6) is -0.0651. The molecule has 1 unspecified atom stereocenters. The number of rotatable bonds is 18. The second kappa shape index (κ2) is 15.6. The summed E-state index contributed by atoms with van der Waals surface area (Å²) >= 11 is 0. The van der Waals surface area contributed by atoms with Crippen molar-refractivity contribution in [2.24, 2.45) is 0 Å². The van der Waals surface area contributed by atoms with Gasteiger partial charge in [0.25, 0.3) is 0 Å². The topological polar surface area (TPSA) is 38.8 Å². The van der Waals surface area contributed by atoms with Crippen LogP contribution in [0.2, 0.25) is 0 Å². The average molecular weight is 389 g/mol. The van der Waals surface area contributed by atoms with Gasteiger partial charge in [-0.15, -0.1) is 0 Å². The van der Waals surface area contributed by atoms with Crippen molar-refractivity contribution in [1.29, 1.82) is 0 Å². The van der Waals surface area contributed by atoms with E-state index < -0.39 is 0 Å². The van der Waals surface area contributed by atoms with Crippen LogP contribution in [-0.2, 0) is 20.9 Å². The number of unbranched alkanes of at least 4 members (excludes halogenated alkanes) is 12. The number of hydrogen-bond donors (Lipinski definition) is 0. The van der Waals surface area contributed by atoms with Crippen molar-refractivity contribution in [3.8, 4) is 0 Å². The number of hydrogen-bond acceptors (Lipinski definition) is 3. The highest BCUT2D eigenvalue weighted by Crippen LogP contribution is 2.18. The Bertz CT molecular complexity index is 496. The van der Waals surface area contributed by atoms with Crippen LogP contribution in [0.3, 0.4) is 0 Å². The number of carbonyl (C=O) groups is 1. The van der Waals surface area contributed by atoms with Crippen LogP contribution in [-0.4, -0.2) is 18.7 Å². The van der Waals surface area contributed by atoms with Gasteiger partial charge in [-0.05, 0) is 18.4 Å². The second-order valence-electron chi connectivity index (χ2n) is 8.24. The van der Waals surface area contributed by atoms with Crippen LogP contribution in [0.15, 0.2) is 30.3 Å². The van der Waals surface area contributed by atoms with E-state index in [1.165, 1.54) is 77.0 Å². The van der Waals surface area contributed by atoms with E-state index in [2.05, 4.69) is 0 Å². The SMILES string of the molecule is O=C(CCCCCCCCCCCCCCCC1CO1)OCc1ccccc1. The molecule has 1 aliphatic heterocycles. The van der Waals surface area contributed by atoms with Gasteiger partial charge in [-0.3, -0.25) is 4.79 Å². The van der Waals surface area contributed by atoms with E-state index >= 15 is 0 Å². The highest BCUT2D eigenvalue weighted by atomic mass is 16.6. The molecule has 0 aromatic heterocycles. The first kappa shape index (κ1) is 22.9. The normalized spacial score (nSPS) is 15.5. The zero-order chi connectivity index (χ0) is 19.7. The maximum absolute atomic E-state index is 11.7. The highest BCUT2D eigenvalue weighted by molar-refractivity contribution is 5.69. The van der Waals surface area contributed by atoms with E-state index in [1.807, 2.05) is 30.3 Å². The van der Waals surface area contributed by atoms with Gasteiger partial charge in [0.1, 0.15) is 6.61 Å². The molecule has 2 rings (SSSR count). The summed E-state index contributed by atoms with van der Waals surface area (Å²) in [7, 11) is 0. The van der Waals surface area contributed by atoms with Gasteiger partial charge in [-0.2, -0.15) is 0 Å². The van der Waals surface area contributed by atoms with Crippen LogP contribution >= 0.6 is 0 Å². The first-order valence-corrected chi connectivity index (χ1v) is 11.7. The minimum atomic E-state index is -0.0651. The molecule has 0 radical (unpaired) electrons. The number of epoxide rings is 1. The minimum Gasteiger partial charge on any atom is -0.461 e. The summed E-state index contributed by atoms with van der Waals surface area (Å²) in [5.41, 5.74) is 1.06. The van der Waals surface area contributed by atoms with Crippen LogP contribution in [0, 0.1) is 0 Å². The van der Waals surface area contributed by atoms with Crippen molar-refractivity contribution < 1.29 is 14.3 Å². The number of esters is 1. The molecule has 0 bridgehead atoms. The summed E-state index contributed by atoms with van der Waals surface area (Å²) in [6, 6.07) is 9.88. The molecule has 0 saturated carbocycles. The van der Waals surface area contributed by atoms with Crippen molar-refractivity contribution >= 4 is 5.97 Å². The van der Waals surface area contributed by atoms with Crippen molar-refractivity contribution in [1.82, 2.24) is 0 Å². The summed E-state index contributed by atoms with van der Waals surface area (Å²) < 4.78 is 10.5. The lowest BCUT2D eigenvalue weighted by Gasteiger charge is -2.05. The van der Waals surface area contributed by atoms with Gasteiger partial charge in [0.15, 0.2) is 0 Å². The van der Waals surface area contributed by atoms with Crippen molar-refractivity contribution in [3.63, 3.8) is 0 Å². The third-order valence-corrected chi connectivity index (χ3v) is 5.55. The van der Waals surface area contributed by atoms with Crippen LogP contribution in [0.4, 0.5) is 0 Å². The molecular weight excluding hydrogens is 348 g/mol. The van der Waals surface area contributed by atoms with Crippen LogP contribution in [0.1, 0.15) is 102 Å². The summed E-state index contributed by atoms with van der Waals surface area (Å²) in [5, 5.41) is 0. The largest absolute Gasteiger partial charge is 0.461 e. The molecule has 1 saturated heterocycles. The van der Waals surface area contributed by atoms with Crippen molar-refractivity contribution in [2.75, 3.05) is 6.61 Å². The fourth-order valence-electron chi connectivity index (χ4n) is 3.63. The van der Waals surface area contributed by atoms with E-state index in [0.29, 0.717) is 19.1 Å². The smallest absolute Gasteiger partial charge is 0.306 e. The van der Waals surface area contributed by atoms with Gasteiger partial charge in [0.05, 0.1) is 12.7 Å². The third kappa shape index (κ3) is 12.9. The van der Waals surface area contributed by atoms with E-state index in [1.54, 1.807) is 0 Å². The quantitative estimate of drug-likeness (QED) is 0.155. The Morgan fingerprint density at radius 2 is 1.29 bits per heavy atom. The lowest BCUT2D eigenvalue weighted by atomic mass is 10.0. The molecule has 1 atom stereocenters. The van der Waals surface area contributed by atoms with E-state index in [0.717, 1.165) is 25.0 Å². The molecule has 1 fully saturated rings. The molecule has 28 heavy (non-hydrogen) atoms. The van der Waals surface area contributed by atoms with Crippen molar-refractivity contribution in [2.45, 2.75) is 109 Å². The molecule has 3 heteroatoms. The predicted octanol–water partition coefficient (Wildman–Crippen LogP) is 6.98. The Labute approximate surface area is 172 Å². The van der Waals surface area contributed by atoms with Crippen molar-refractivity contribution in [3.05, 3.63) is 35.9 Å². The summed E-state index contributed by atoms with van der Waals surface area (Å²) in [6.07, 6.45) is 19.6. The van der Waals surface area contributed by atoms with Gasteiger partial charge in [-0.1, -0.05) is 107 Å². The summed E-state index contributed by atoms with van der Waals surface area (Å²) in [6.45, 7) is 1.41. The monoisotopic (exact) mass is 388 g/mol. The lowest BCUT2D eigenvalue weighted by molar-refractivity contribution is -0.145. The van der Waals surface area contributed by atoms with E-state index in [-0.39, 0.29) is 5.97 Å². The molecule has 1 heterocycles. The Morgan fingerprint density at radius 3 is 1.82 bits per heavy atom. The molecule has 0 spiro atoms. The average Bonchev–Trinajstić information content (AvgIpc) is 3.54. The molecule has 158 valence electrons. The minimum absolute atomic E-state index is 0.0651. The molecule has 0 N–H and O–H groups in total. The zero-order valence-electron chi connectivity index (χ0n) is 17.7. The maximum Gasteiger partial charge on any atom is 0.306 e. The van der Waals surface area contributed by atoms with Gasteiger partial charge in [0.2, 0.25) is 0 Å². The van der Waals surface area contributed by atoms with Gasteiger partial charge in [0, 0.05) is 6.42 Å². The number of benzene rings is 1. The number of ether oxygens (including phenoxy) is 2. The fourth-order valence-corrected chi connectivity index (χ4v) is 3.63. The zero-order valence-corrected chi connectivity index (χ0v) is 17.7. The van der Waals surface area contributed by atoms with Crippen LogP contribution < -0.4 is 0 Å². The Balaban J connectivity index is 1.25. The standard InChI is InChI=1S/C25H40O3/c26-25(28-21-23-17-13-12-14-18-23)20-16-11-9-7-5-3-1-2-4-6-8-10-15-19-24-22-27-24/h12-14,17-18,24H,1-11,15-16,19-22H2. The second-order valence-corrected chi connectivity index (χ2v) is 8.24. The third-order valence-electron chi connectivity index (χ3n) is 5.55. The van der Waals surface area contributed by atoms with E-state index in [4.69, 9.17) is 9.47 Å². The molecule has 3 nitrogen and oxygen atoms in total. The van der Waals surface area contributed by atoms with Gasteiger partial charge < -0.3 is 9.47 Å². The molecule has 0 aliphatic carbocycles. The molecule has 1 aliphatic rings. The number of carbonyl (C=O) groups excluding carboxylic acids is 1. The van der Waals surface area contributed by atoms with Gasteiger partial charge in [-0.25, -0.2) is 0 Å². The Kier molecular flexibility index (Phi) is 12.7. The van der Waals surface area contributed by atoms with Crippen LogP contribution in [0.25, 0.3) is 0 Å². The van der Waals surface area contributed by atoms with E-state index in [9.17, 15) is 4.79 Å². The predicted molar refractivity (Wildman–Crippen MR) is 115 cm³/mol.